The second kappa shape index (κ2) is 7.12. The number of amides is 1. The van der Waals surface area contributed by atoms with Crippen LogP contribution in [0.15, 0.2) is 36.4 Å². The summed E-state index contributed by atoms with van der Waals surface area (Å²) >= 11 is 18.3. The molecule has 8 heteroatoms. The molecule has 0 aliphatic carbocycles. The molecule has 0 saturated carbocycles. The quantitative estimate of drug-likeness (QED) is 0.715. The van der Waals surface area contributed by atoms with E-state index in [2.05, 4.69) is 10.6 Å². The maximum atomic E-state index is 12.6. The Morgan fingerprint density at radius 3 is 2.52 bits per heavy atom. The molecule has 0 spiro atoms. The van der Waals surface area contributed by atoms with Gasteiger partial charge in [-0.1, -0.05) is 46.9 Å². The van der Waals surface area contributed by atoms with Crippen LogP contribution < -0.4 is 10.6 Å². The number of carboxylic acid groups (broad SMARTS) is 1. The maximum Gasteiger partial charge on any atom is 0.326 e. The molecule has 130 valence electrons. The van der Waals surface area contributed by atoms with Gasteiger partial charge < -0.3 is 15.7 Å². The first-order valence-corrected chi connectivity index (χ1v) is 8.54. The van der Waals surface area contributed by atoms with Gasteiger partial charge in [0.05, 0.1) is 16.6 Å². The second-order valence-corrected chi connectivity index (χ2v) is 6.88. The number of carbonyl (C=O) groups excluding carboxylic acids is 1. The summed E-state index contributed by atoms with van der Waals surface area (Å²) < 4.78 is 0. The van der Waals surface area contributed by atoms with Gasteiger partial charge in [0.15, 0.2) is 0 Å². The van der Waals surface area contributed by atoms with E-state index >= 15 is 0 Å². The molecule has 0 fully saturated rings. The van der Waals surface area contributed by atoms with Gasteiger partial charge in [-0.2, -0.15) is 0 Å². The van der Waals surface area contributed by atoms with E-state index in [1.165, 1.54) is 0 Å². The average molecular weight is 400 g/mol. The Morgan fingerprint density at radius 2 is 1.84 bits per heavy atom. The zero-order valence-electron chi connectivity index (χ0n) is 12.7. The van der Waals surface area contributed by atoms with Crippen molar-refractivity contribution in [1.29, 1.82) is 0 Å². The lowest BCUT2D eigenvalue weighted by Gasteiger charge is -2.32. The zero-order chi connectivity index (χ0) is 18.1. The minimum Gasteiger partial charge on any atom is -0.480 e. The molecule has 3 N–H and O–H groups in total. The van der Waals surface area contributed by atoms with Crippen molar-refractivity contribution in [2.24, 2.45) is 0 Å². The molecular weight excluding hydrogens is 387 g/mol. The third-order valence-electron chi connectivity index (χ3n) is 3.97. The van der Waals surface area contributed by atoms with E-state index in [9.17, 15) is 14.7 Å². The number of hydrogen-bond donors (Lipinski definition) is 3. The third-order valence-corrected chi connectivity index (χ3v) is 4.83. The summed E-state index contributed by atoms with van der Waals surface area (Å²) in [5, 5.41) is 16.1. The molecule has 0 unspecified atom stereocenters. The number of carbonyl (C=O) groups is 2. The molecule has 2 atom stereocenters. The molecule has 5 nitrogen and oxygen atoms in total. The second-order valence-electron chi connectivity index (χ2n) is 5.63. The SMILES string of the molecule is O=C(N[C@H]1C[C@H](C(=O)O)Nc2cc(Cl)cc(Cl)c21)c1ccccc1Cl. The van der Waals surface area contributed by atoms with Crippen LogP contribution in [-0.2, 0) is 4.79 Å². The highest BCUT2D eigenvalue weighted by Crippen LogP contribution is 2.40. The van der Waals surface area contributed by atoms with Gasteiger partial charge in [-0.05, 0) is 24.3 Å². The molecule has 0 aromatic heterocycles. The van der Waals surface area contributed by atoms with Gasteiger partial charge in [0.2, 0.25) is 0 Å². The van der Waals surface area contributed by atoms with E-state index in [-0.39, 0.29) is 6.42 Å². The average Bonchev–Trinajstić information content (AvgIpc) is 2.54. The van der Waals surface area contributed by atoms with Crippen LogP contribution in [0.4, 0.5) is 5.69 Å². The van der Waals surface area contributed by atoms with Crippen molar-refractivity contribution in [2.45, 2.75) is 18.5 Å². The van der Waals surface area contributed by atoms with E-state index in [1.54, 1.807) is 36.4 Å². The molecule has 0 saturated heterocycles. The number of benzene rings is 2. The van der Waals surface area contributed by atoms with Crippen LogP contribution in [-0.4, -0.2) is 23.0 Å². The van der Waals surface area contributed by atoms with Crippen molar-refractivity contribution >= 4 is 52.4 Å². The topological polar surface area (TPSA) is 78.4 Å². The van der Waals surface area contributed by atoms with Crippen LogP contribution in [0.2, 0.25) is 15.1 Å². The highest BCUT2D eigenvalue weighted by atomic mass is 35.5. The van der Waals surface area contributed by atoms with Gasteiger partial charge in [-0.15, -0.1) is 0 Å². The number of anilines is 1. The first-order valence-electron chi connectivity index (χ1n) is 7.40. The minimum absolute atomic E-state index is 0.139. The van der Waals surface area contributed by atoms with Crippen molar-refractivity contribution in [1.82, 2.24) is 5.32 Å². The fourth-order valence-electron chi connectivity index (χ4n) is 2.83. The predicted octanol–water partition coefficient (Wildman–Crippen LogP) is 4.39. The van der Waals surface area contributed by atoms with Crippen LogP contribution in [0.1, 0.15) is 28.4 Å². The Morgan fingerprint density at radius 1 is 1.12 bits per heavy atom. The van der Waals surface area contributed by atoms with Gasteiger partial charge >= 0.3 is 5.97 Å². The van der Waals surface area contributed by atoms with Gasteiger partial charge in [-0.3, -0.25) is 4.79 Å². The first-order chi connectivity index (χ1) is 11.9. The number of halogens is 3. The summed E-state index contributed by atoms with van der Waals surface area (Å²) in [7, 11) is 0. The van der Waals surface area contributed by atoms with E-state index in [1.807, 2.05) is 0 Å². The number of nitrogens with one attached hydrogen (secondary N) is 2. The van der Waals surface area contributed by atoms with Crippen molar-refractivity contribution < 1.29 is 14.7 Å². The van der Waals surface area contributed by atoms with Crippen molar-refractivity contribution in [2.75, 3.05) is 5.32 Å². The van der Waals surface area contributed by atoms with Gasteiger partial charge in [0, 0.05) is 27.7 Å². The fraction of sp³-hybridized carbons (Fsp3) is 0.176. The summed E-state index contributed by atoms with van der Waals surface area (Å²) in [6.45, 7) is 0. The number of hydrogen-bond acceptors (Lipinski definition) is 3. The summed E-state index contributed by atoms with van der Waals surface area (Å²) in [5.74, 6) is -1.43. The number of carboxylic acids is 1. The summed E-state index contributed by atoms with van der Waals surface area (Å²) in [6, 6.07) is 8.30. The maximum absolute atomic E-state index is 12.6. The minimum atomic E-state index is -1.03. The Kier molecular flexibility index (Phi) is 5.08. The summed E-state index contributed by atoms with van der Waals surface area (Å²) in [4.78, 5) is 24.0. The van der Waals surface area contributed by atoms with Crippen molar-refractivity contribution in [3.05, 3.63) is 62.6 Å². The number of aliphatic carboxylic acids is 1. The highest BCUT2D eigenvalue weighted by Gasteiger charge is 2.33. The normalized spacial score (nSPS) is 18.8. The fourth-order valence-corrected chi connectivity index (χ4v) is 3.68. The lowest BCUT2D eigenvalue weighted by molar-refractivity contribution is -0.138. The molecule has 25 heavy (non-hydrogen) atoms. The van der Waals surface area contributed by atoms with Crippen LogP contribution in [0, 0.1) is 0 Å². The molecule has 0 bridgehead atoms. The van der Waals surface area contributed by atoms with Crippen LogP contribution >= 0.6 is 34.8 Å². The van der Waals surface area contributed by atoms with Gasteiger partial charge in [0.25, 0.3) is 5.91 Å². The van der Waals surface area contributed by atoms with Crippen LogP contribution in [0.3, 0.4) is 0 Å². The zero-order valence-corrected chi connectivity index (χ0v) is 15.0. The molecule has 2 aromatic rings. The molecule has 1 aliphatic heterocycles. The van der Waals surface area contributed by atoms with Crippen molar-refractivity contribution in [3.8, 4) is 0 Å². The Hall–Kier alpha value is -1.95. The van der Waals surface area contributed by atoms with Crippen molar-refractivity contribution in [3.63, 3.8) is 0 Å². The van der Waals surface area contributed by atoms with Gasteiger partial charge in [-0.25, -0.2) is 4.79 Å². The van der Waals surface area contributed by atoms with E-state index in [4.69, 9.17) is 34.8 Å². The van der Waals surface area contributed by atoms with E-state index in [0.717, 1.165) is 0 Å². The molecule has 1 aliphatic rings. The van der Waals surface area contributed by atoms with Gasteiger partial charge in [0.1, 0.15) is 6.04 Å². The largest absolute Gasteiger partial charge is 0.480 e. The first kappa shape index (κ1) is 17.9. The Bertz CT molecular complexity index is 857. The molecule has 0 radical (unpaired) electrons. The Balaban J connectivity index is 1.96. The molecule has 2 aromatic carbocycles. The molecule has 3 rings (SSSR count). The highest BCUT2D eigenvalue weighted by molar-refractivity contribution is 6.36. The van der Waals surface area contributed by atoms with E-state index in [0.29, 0.717) is 31.9 Å². The standard InChI is InChI=1S/C17H13Cl3N2O3/c18-8-5-11(20)15-12(6-8)21-14(17(24)25)7-13(15)22-16(23)9-3-1-2-4-10(9)19/h1-6,13-14,21H,7H2,(H,22,23)(H,24,25)/t13-,14+/m0/s1. The summed E-state index contributed by atoms with van der Waals surface area (Å²) in [6.07, 6.45) is 0.139. The number of rotatable bonds is 3. The smallest absolute Gasteiger partial charge is 0.326 e. The molecule has 1 amide bonds. The predicted molar refractivity (Wildman–Crippen MR) is 97.8 cm³/mol. The third kappa shape index (κ3) is 3.68. The number of fused-ring (bicyclic) bond motifs is 1. The van der Waals surface area contributed by atoms with Crippen LogP contribution in [0.25, 0.3) is 0 Å². The Labute approximate surface area is 158 Å². The molecule has 1 heterocycles. The monoisotopic (exact) mass is 398 g/mol. The lowest BCUT2D eigenvalue weighted by atomic mass is 9.92. The molecular formula is C17H13Cl3N2O3. The van der Waals surface area contributed by atoms with E-state index < -0.39 is 24.0 Å². The summed E-state index contributed by atoms with van der Waals surface area (Å²) in [5.41, 5.74) is 1.39. The van der Waals surface area contributed by atoms with Crippen LogP contribution in [0.5, 0.6) is 0 Å². The lowest BCUT2D eigenvalue weighted by Crippen LogP contribution is -2.41.